The second kappa shape index (κ2) is 8.31. The van der Waals surface area contributed by atoms with Gasteiger partial charge in [-0.25, -0.2) is 4.98 Å². The summed E-state index contributed by atoms with van der Waals surface area (Å²) in [6.07, 6.45) is 6.11. The maximum Gasteiger partial charge on any atom is 0.224 e. The van der Waals surface area contributed by atoms with Crippen molar-refractivity contribution in [3.63, 3.8) is 0 Å². The minimum atomic E-state index is 0.0822. The standard InChI is InChI=1S/C21H24N4O2/c26-21(10-13-25-16-23-19-8-1-2-9-20(19)25)24-12-5-7-18(14-24)27-15-17-6-3-4-11-22-17/h1-4,6,8-9,11,16,18H,5,7,10,12-15H2. The van der Waals surface area contributed by atoms with Crippen LogP contribution < -0.4 is 0 Å². The molecule has 4 rings (SSSR count). The van der Waals surface area contributed by atoms with Crippen molar-refractivity contribution in [2.24, 2.45) is 0 Å². The highest BCUT2D eigenvalue weighted by atomic mass is 16.5. The SMILES string of the molecule is O=C(CCn1cnc2ccccc21)N1CCCC(OCc2ccccn2)C1. The summed E-state index contributed by atoms with van der Waals surface area (Å²) in [5, 5.41) is 0. The number of hydrogen-bond acceptors (Lipinski definition) is 4. The summed E-state index contributed by atoms with van der Waals surface area (Å²) in [5.74, 6) is 0.180. The van der Waals surface area contributed by atoms with Crippen LogP contribution in [0.25, 0.3) is 11.0 Å². The summed E-state index contributed by atoms with van der Waals surface area (Å²) in [7, 11) is 0. The number of hydrogen-bond donors (Lipinski definition) is 0. The second-order valence-electron chi connectivity index (χ2n) is 6.91. The van der Waals surface area contributed by atoms with Gasteiger partial charge in [-0.2, -0.15) is 0 Å². The van der Waals surface area contributed by atoms with Gasteiger partial charge in [-0.05, 0) is 37.1 Å². The predicted octanol–water partition coefficient (Wildman–Crippen LogP) is 3.03. The minimum absolute atomic E-state index is 0.0822. The van der Waals surface area contributed by atoms with Crippen molar-refractivity contribution in [2.45, 2.75) is 38.5 Å². The number of aromatic nitrogens is 3. The Morgan fingerprint density at radius 1 is 1.15 bits per heavy atom. The van der Waals surface area contributed by atoms with Gasteiger partial charge < -0.3 is 14.2 Å². The third-order valence-electron chi connectivity index (χ3n) is 5.02. The molecule has 3 aromatic rings. The number of rotatable bonds is 6. The molecule has 1 aliphatic rings. The summed E-state index contributed by atoms with van der Waals surface area (Å²) in [6.45, 7) is 2.62. The molecule has 0 saturated carbocycles. The van der Waals surface area contributed by atoms with Gasteiger partial charge in [-0.3, -0.25) is 9.78 Å². The number of carbonyl (C=O) groups excluding carboxylic acids is 1. The van der Waals surface area contributed by atoms with Crippen LogP contribution in [-0.2, 0) is 22.7 Å². The van der Waals surface area contributed by atoms with Crippen LogP contribution in [-0.4, -0.2) is 44.5 Å². The number of piperidine rings is 1. The molecule has 0 bridgehead atoms. The second-order valence-corrected chi connectivity index (χ2v) is 6.91. The van der Waals surface area contributed by atoms with Crippen LogP contribution in [0, 0.1) is 0 Å². The van der Waals surface area contributed by atoms with Gasteiger partial charge in [0.05, 0.1) is 35.8 Å². The maximum atomic E-state index is 12.7. The summed E-state index contributed by atoms with van der Waals surface area (Å²) < 4.78 is 8.03. The number of imidazole rings is 1. The first kappa shape index (κ1) is 17.7. The lowest BCUT2D eigenvalue weighted by Crippen LogP contribution is -2.43. The summed E-state index contributed by atoms with van der Waals surface area (Å²) in [6, 6.07) is 13.8. The molecule has 1 saturated heterocycles. The van der Waals surface area contributed by atoms with Crippen molar-refractivity contribution in [2.75, 3.05) is 13.1 Å². The number of pyridine rings is 1. The molecule has 1 aromatic carbocycles. The van der Waals surface area contributed by atoms with Gasteiger partial charge in [0.15, 0.2) is 0 Å². The van der Waals surface area contributed by atoms with Crippen molar-refractivity contribution in [1.29, 1.82) is 0 Å². The van der Waals surface area contributed by atoms with Crippen LogP contribution in [0.4, 0.5) is 0 Å². The number of amides is 1. The molecule has 1 amide bonds. The third kappa shape index (κ3) is 4.34. The quantitative estimate of drug-likeness (QED) is 0.675. The van der Waals surface area contributed by atoms with E-state index < -0.39 is 0 Å². The first-order valence-corrected chi connectivity index (χ1v) is 9.49. The first-order valence-electron chi connectivity index (χ1n) is 9.49. The van der Waals surface area contributed by atoms with Crippen molar-refractivity contribution in [1.82, 2.24) is 19.4 Å². The Kier molecular flexibility index (Phi) is 5.44. The van der Waals surface area contributed by atoms with Crippen LogP contribution in [0.2, 0.25) is 0 Å². The van der Waals surface area contributed by atoms with E-state index in [0.717, 1.165) is 36.1 Å². The Morgan fingerprint density at radius 2 is 2.04 bits per heavy atom. The smallest absolute Gasteiger partial charge is 0.224 e. The van der Waals surface area contributed by atoms with Crippen LogP contribution in [0.3, 0.4) is 0 Å². The zero-order valence-electron chi connectivity index (χ0n) is 15.3. The highest BCUT2D eigenvalue weighted by Gasteiger charge is 2.24. The van der Waals surface area contributed by atoms with Crippen molar-refractivity contribution < 1.29 is 9.53 Å². The number of aryl methyl sites for hydroxylation is 1. The molecule has 1 aliphatic heterocycles. The van der Waals surface area contributed by atoms with E-state index in [4.69, 9.17) is 4.74 Å². The van der Waals surface area contributed by atoms with Gasteiger partial charge in [0.1, 0.15) is 0 Å². The Morgan fingerprint density at radius 3 is 2.93 bits per heavy atom. The Labute approximate surface area is 158 Å². The van der Waals surface area contributed by atoms with E-state index >= 15 is 0 Å². The van der Waals surface area contributed by atoms with Gasteiger partial charge in [-0.1, -0.05) is 18.2 Å². The van der Waals surface area contributed by atoms with E-state index in [9.17, 15) is 4.79 Å². The molecule has 27 heavy (non-hydrogen) atoms. The average Bonchev–Trinajstić information content (AvgIpc) is 3.15. The van der Waals surface area contributed by atoms with E-state index in [1.54, 1.807) is 6.20 Å². The molecule has 0 N–H and O–H groups in total. The average molecular weight is 364 g/mol. The molecule has 140 valence electrons. The molecule has 6 nitrogen and oxygen atoms in total. The minimum Gasteiger partial charge on any atom is -0.370 e. The fourth-order valence-electron chi connectivity index (χ4n) is 3.55. The van der Waals surface area contributed by atoms with Crippen molar-refractivity contribution in [3.05, 3.63) is 60.7 Å². The monoisotopic (exact) mass is 364 g/mol. The van der Waals surface area contributed by atoms with E-state index in [0.29, 0.717) is 26.1 Å². The van der Waals surface area contributed by atoms with Crippen LogP contribution in [0.1, 0.15) is 25.0 Å². The maximum absolute atomic E-state index is 12.7. The lowest BCUT2D eigenvalue weighted by molar-refractivity contribution is -0.135. The van der Waals surface area contributed by atoms with Crippen molar-refractivity contribution in [3.8, 4) is 0 Å². The van der Waals surface area contributed by atoms with E-state index in [1.807, 2.05) is 58.3 Å². The van der Waals surface area contributed by atoms with Gasteiger partial charge in [0.25, 0.3) is 0 Å². The number of likely N-dealkylation sites (tertiary alicyclic amines) is 1. The Balaban J connectivity index is 1.29. The Bertz CT molecular complexity index is 893. The molecule has 1 fully saturated rings. The van der Waals surface area contributed by atoms with Gasteiger partial charge in [0, 0.05) is 32.3 Å². The molecule has 0 spiro atoms. The predicted molar refractivity (Wildman–Crippen MR) is 103 cm³/mol. The van der Waals surface area contributed by atoms with Gasteiger partial charge in [0.2, 0.25) is 5.91 Å². The number of ether oxygens (including phenoxy) is 1. The normalized spacial score (nSPS) is 17.3. The van der Waals surface area contributed by atoms with E-state index in [-0.39, 0.29) is 12.0 Å². The molecule has 2 aromatic heterocycles. The number of carbonyl (C=O) groups is 1. The molecular formula is C21H24N4O2. The number of para-hydroxylation sites is 2. The summed E-state index contributed by atoms with van der Waals surface area (Å²) >= 11 is 0. The van der Waals surface area contributed by atoms with Gasteiger partial charge >= 0.3 is 0 Å². The highest BCUT2D eigenvalue weighted by molar-refractivity contribution is 5.77. The first-order chi connectivity index (χ1) is 13.3. The molecule has 0 aliphatic carbocycles. The van der Waals surface area contributed by atoms with Crippen molar-refractivity contribution >= 4 is 16.9 Å². The highest BCUT2D eigenvalue weighted by Crippen LogP contribution is 2.17. The number of benzene rings is 1. The van der Waals surface area contributed by atoms with E-state index in [1.165, 1.54) is 0 Å². The van der Waals surface area contributed by atoms with Crippen LogP contribution >= 0.6 is 0 Å². The summed E-state index contributed by atoms with van der Waals surface area (Å²) in [4.78, 5) is 23.3. The number of fused-ring (bicyclic) bond motifs is 1. The molecule has 3 heterocycles. The molecule has 0 radical (unpaired) electrons. The van der Waals surface area contributed by atoms with Crippen LogP contribution in [0.15, 0.2) is 55.0 Å². The lowest BCUT2D eigenvalue weighted by atomic mass is 10.1. The fraction of sp³-hybridized carbons (Fsp3) is 0.381. The fourth-order valence-corrected chi connectivity index (χ4v) is 3.55. The lowest BCUT2D eigenvalue weighted by Gasteiger charge is -2.32. The zero-order valence-corrected chi connectivity index (χ0v) is 15.3. The molecule has 1 atom stereocenters. The number of nitrogens with zero attached hydrogens (tertiary/aromatic N) is 4. The third-order valence-corrected chi connectivity index (χ3v) is 5.02. The van der Waals surface area contributed by atoms with Gasteiger partial charge in [-0.15, -0.1) is 0 Å². The topological polar surface area (TPSA) is 60.2 Å². The summed E-state index contributed by atoms with van der Waals surface area (Å²) in [5.41, 5.74) is 2.96. The molecule has 1 unspecified atom stereocenters. The Hall–Kier alpha value is -2.73. The van der Waals surface area contributed by atoms with E-state index in [2.05, 4.69) is 9.97 Å². The molecular weight excluding hydrogens is 340 g/mol. The van der Waals surface area contributed by atoms with Crippen LogP contribution in [0.5, 0.6) is 0 Å². The largest absolute Gasteiger partial charge is 0.370 e. The molecule has 6 heteroatoms. The zero-order chi connectivity index (χ0) is 18.5.